The van der Waals surface area contributed by atoms with Crippen molar-refractivity contribution in [3.05, 3.63) is 42.1 Å². The van der Waals surface area contributed by atoms with Gasteiger partial charge in [0.2, 0.25) is 5.91 Å². The molecule has 0 unspecified atom stereocenters. The van der Waals surface area contributed by atoms with E-state index >= 15 is 0 Å². The first-order valence-electron chi connectivity index (χ1n) is 6.06. The summed E-state index contributed by atoms with van der Waals surface area (Å²) < 4.78 is 0. The summed E-state index contributed by atoms with van der Waals surface area (Å²) in [5.41, 5.74) is 6.43. The second-order valence-electron chi connectivity index (χ2n) is 4.25. The molecule has 0 saturated carbocycles. The Labute approximate surface area is 110 Å². The highest BCUT2D eigenvalue weighted by Crippen LogP contribution is 2.12. The molecule has 0 aliphatic rings. The molecule has 0 radical (unpaired) electrons. The van der Waals surface area contributed by atoms with Gasteiger partial charge in [0.05, 0.1) is 11.1 Å². The van der Waals surface area contributed by atoms with E-state index in [-0.39, 0.29) is 5.91 Å². The lowest BCUT2D eigenvalue weighted by molar-refractivity contribution is -0.119. The van der Waals surface area contributed by atoms with Crippen molar-refractivity contribution in [3.8, 4) is 0 Å². The zero-order valence-electron chi connectivity index (χ0n) is 10.6. The monoisotopic (exact) mass is 257 g/mol. The summed E-state index contributed by atoms with van der Waals surface area (Å²) in [6, 6.07) is 8.60. The standard InChI is InChI=1S/C14H15N3O2/c1-2-11(13(15)18)17-14(19)10-7-9-5-3-4-6-12(9)16-8-10/h3-8,11H,2H2,1H3,(H2,15,18)(H,17,19)/t11-/m0/s1. The van der Waals surface area contributed by atoms with Crippen LogP contribution in [0.25, 0.3) is 10.9 Å². The van der Waals surface area contributed by atoms with Crippen LogP contribution in [0.15, 0.2) is 36.5 Å². The van der Waals surface area contributed by atoms with Crippen LogP contribution in [-0.2, 0) is 4.79 Å². The number of primary amides is 1. The lowest BCUT2D eigenvalue weighted by Crippen LogP contribution is -2.43. The molecule has 98 valence electrons. The van der Waals surface area contributed by atoms with Crippen LogP contribution in [0.1, 0.15) is 23.7 Å². The molecule has 1 heterocycles. The number of pyridine rings is 1. The first-order chi connectivity index (χ1) is 9.11. The van der Waals surface area contributed by atoms with E-state index in [4.69, 9.17) is 5.73 Å². The Hall–Kier alpha value is -2.43. The Morgan fingerprint density at radius 2 is 2.11 bits per heavy atom. The van der Waals surface area contributed by atoms with Crippen LogP contribution >= 0.6 is 0 Å². The van der Waals surface area contributed by atoms with Crippen LogP contribution in [0, 0.1) is 0 Å². The van der Waals surface area contributed by atoms with Crippen LogP contribution in [-0.4, -0.2) is 22.8 Å². The molecular weight excluding hydrogens is 242 g/mol. The molecule has 5 heteroatoms. The van der Waals surface area contributed by atoms with Gasteiger partial charge < -0.3 is 11.1 Å². The van der Waals surface area contributed by atoms with E-state index < -0.39 is 11.9 Å². The van der Waals surface area contributed by atoms with Crippen molar-refractivity contribution in [1.82, 2.24) is 10.3 Å². The van der Waals surface area contributed by atoms with Gasteiger partial charge in [-0.1, -0.05) is 25.1 Å². The predicted molar refractivity (Wildman–Crippen MR) is 72.5 cm³/mol. The van der Waals surface area contributed by atoms with E-state index in [0.29, 0.717) is 12.0 Å². The molecule has 0 bridgehead atoms. The number of nitrogens with two attached hydrogens (primary N) is 1. The number of hydrogen-bond donors (Lipinski definition) is 2. The predicted octanol–water partition coefficient (Wildman–Crippen LogP) is 1.23. The third-order valence-electron chi connectivity index (χ3n) is 2.91. The molecule has 2 amide bonds. The van der Waals surface area contributed by atoms with Crippen molar-refractivity contribution in [2.24, 2.45) is 5.73 Å². The average Bonchev–Trinajstić information content (AvgIpc) is 2.43. The quantitative estimate of drug-likeness (QED) is 0.863. The highest BCUT2D eigenvalue weighted by Gasteiger charge is 2.17. The van der Waals surface area contributed by atoms with Gasteiger partial charge in [-0.3, -0.25) is 14.6 Å². The van der Waals surface area contributed by atoms with Gasteiger partial charge in [-0.2, -0.15) is 0 Å². The molecule has 0 saturated heterocycles. The van der Waals surface area contributed by atoms with Gasteiger partial charge in [0, 0.05) is 11.6 Å². The van der Waals surface area contributed by atoms with Gasteiger partial charge in [0.1, 0.15) is 6.04 Å². The van der Waals surface area contributed by atoms with E-state index in [9.17, 15) is 9.59 Å². The molecule has 0 aliphatic carbocycles. The lowest BCUT2D eigenvalue weighted by Gasteiger charge is -2.13. The number of amides is 2. The summed E-state index contributed by atoms with van der Waals surface area (Å²) >= 11 is 0. The number of aromatic nitrogens is 1. The number of nitrogens with zero attached hydrogens (tertiary/aromatic N) is 1. The fourth-order valence-electron chi connectivity index (χ4n) is 1.81. The fourth-order valence-corrected chi connectivity index (χ4v) is 1.81. The number of carbonyl (C=O) groups is 2. The minimum atomic E-state index is -0.654. The number of rotatable bonds is 4. The summed E-state index contributed by atoms with van der Waals surface area (Å²) in [6.07, 6.45) is 1.95. The van der Waals surface area contributed by atoms with Crippen molar-refractivity contribution in [2.75, 3.05) is 0 Å². The number of carbonyl (C=O) groups excluding carboxylic acids is 2. The molecule has 2 rings (SSSR count). The van der Waals surface area contributed by atoms with Crippen LogP contribution < -0.4 is 11.1 Å². The number of benzene rings is 1. The summed E-state index contributed by atoms with van der Waals surface area (Å²) in [6.45, 7) is 1.79. The highest BCUT2D eigenvalue weighted by atomic mass is 16.2. The third kappa shape index (κ3) is 2.88. The van der Waals surface area contributed by atoms with Gasteiger partial charge >= 0.3 is 0 Å². The molecule has 2 aromatic rings. The van der Waals surface area contributed by atoms with E-state index in [0.717, 1.165) is 10.9 Å². The minimum Gasteiger partial charge on any atom is -0.368 e. The van der Waals surface area contributed by atoms with Crippen LogP contribution in [0.4, 0.5) is 0 Å². The second kappa shape index (κ2) is 5.48. The van der Waals surface area contributed by atoms with Crippen LogP contribution in [0.5, 0.6) is 0 Å². The first-order valence-corrected chi connectivity index (χ1v) is 6.06. The van der Waals surface area contributed by atoms with Crippen molar-refractivity contribution >= 4 is 22.7 Å². The Morgan fingerprint density at radius 3 is 2.79 bits per heavy atom. The molecular formula is C14H15N3O2. The van der Waals surface area contributed by atoms with E-state index in [1.165, 1.54) is 6.20 Å². The summed E-state index contributed by atoms with van der Waals surface area (Å²) in [4.78, 5) is 27.3. The highest BCUT2D eigenvalue weighted by molar-refractivity contribution is 5.99. The molecule has 0 spiro atoms. The Kier molecular flexibility index (Phi) is 3.75. The Morgan fingerprint density at radius 1 is 1.37 bits per heavy atom. The molecule has 1 aromatic carbocycles. The van der Waals surface area contributed by atoms with Crippen molar-refractivity contribution < 1.29 is 9.59 Å². The molecule has 0 fully saturated rings. The van der Waals surface area contributed by atoms with Gasteiger partial charge in [-0.05, 0) is 18.6 Å². The maximum atomic E-state index is 12.0. The average molecular weight is 257 g/mol. The molecule has 5 nitrogen and oxygen atoms in total. The van der Waals surface area contributed by atoms with Gasteiger partial charge in [0.15, 0.2) is 0 Å². The van der Waals surface area contributed by atoms with E-state index in [2.05, 4.69) is 10.3 Å². The molecule has 3 N–H and O–H groups in total. The maximum Gasteiger partial charge on any atom is 0.253 e. The molecule has 1 atom stereocenters. The molecule has 0 aliphatic heterocycles. The first kappa shape index (κ1) is 13.0. The van der Waals surface area contributed by atoms with E-state index in [1.807, 2.05) is 24.3 Å². The van der Waals surface area contributed by atoms with Gasteiger partial charge in [-0.25, -0.2) is 0 Å². The second-order valence-corrected chi connectivity index (χ2v) is 4.25. The summed E-state index contributed by atoms with van der Waals surface area (Å²) in [5.74, 6) is -0.881. The number of para-hydroxylation sites is 1. The summed E-state index contributed by atoms with van der Waals surface area (Å²) in [5, 5.41) is 3.47. The topological polar surface area (TPSA) is 85.1 Å². The Balaban J connectivity index is 2.24. The smallest absolute Gasteiger partial charge is 0.253 e. The van der Waals surface area contributed by atoms with Gasteiger partial charge in [-0.15, -0.1) is 0 Å². The van der Waals surface area contributed by atoms with E-state index in [1.54, 1.807) is 13.0 Å². The fraction of sp³-hybridized carbons (Fsp3) is 0.214. The number of fused-ring (bicyclic) bond motifs is 1. The summed E-state index contributed by atoms with van der Waals surface area (Å²) in [7, 11) is 0. The largest absolute Gasteiger partial charge is 0.368 e. The van der Waals surface area contributed by atoms with Crippen molar-refractivity contribution in [1.29, 1.82) is 0 Å². The third-order valence-corrected chi connectivity index (χ3v) is 2.91. The molecule has 1 aromatic heterocycles. The Bertz CT molecular complexity index is 625. The van der Waals surface area contributed by atoms with Crippen LogP contribution in [0.2, 0.25) is 0 Å². The zero-order chi connectivity index (χ0) is 13.8. The maximum absolute atomic E-state index is 12.0. The SMILES string of the molecule is CC[C@H](NC(=O)c1cnc2ccccc2c1)C(N)=O. The lowest BCUT2D eigenvalue weighted by atomic mass is 10.1. The molecule has 19 heavy (non-hydrogen) atoms. The van der Waals surface area contributed by atoms with Crippen molar-refractivity contribution in [3.63, 3.8) is 0 Å². The minimum absolute atomic E-state index is 0.344. The van der Waals surface area contributed by atoms with Crippen molar-refractivity contribution in [2.45, 2.75) is 19.4 Å². The van der Waals surface area contributed by atoms with Gasteiger partial charge in [0.25, 0.3) is 5.91 Å². The van der Waals surface area contributed by atoms with Crippen LogP contribution in [0.3, 0.4) is 0 Å². The number of hydrogen-bond acceptors (Lipinski definition) is 3. The normalized spacial score (nSPS) is 12.1. The zero-order valence-corrected chi connectivity index (χ0v) is 10.6. The number of nitrogens with one attached hydrogen (secondary N) is 1.